The number of anilines is 1. The number of aryl methyl sites for hydroxylation is 1. The number of carbonyl (C=O) groups excluding carboxylic acids is 1. The number of hydrogen-bond acceptors (Lipinski definition) is 5. The number of aromatic nitrogens is 4. The lowest BCUT2D eigenvalue weighted by molar-refractivity contribution is 0.102. The summed E-state index contributed by atoms with van der Waals surface area (Å²) in [7, 11) is 0. The van der Waals surface area contributed by atoms with Crippen molar-refractivity contribution in [3.8, 4) is 5.69 Å². The third-order valence-electron chi connectivity index (χ3n) is 3.05. The number of nitrogens with zero attached hydrogens (tertiary/aromatic N) is 4. The molecule has 0 saturated heterocycles. The normalized spacial score (nSPS) is 10.7. The molecule has 1 amide bonds. The number of rotatable bonds is 3. The minimum Gasteiger partial charge on any atom is -0.360 e. The number of amides is 1. The van der Waals surface area contributed by atoms with Crippen molar-refractivity contribution in [2.24, 2.45) is 0 Å². The maximum atomic E-state index is 12.2. The van der Waals surface area contributed by atoms with Gasteiger partial charge in [0.05, 0.1) is 11.4 Å². The fourth-order valence-electron chi connectivity index (χ4n) is 1.97. The number of carbonyl (C=O) groups is 1. The van der Waals surface area contributed by atoms with Gasteiger partial charge in [-0.2, -0.15) is 0 Å². The molecule has 0 atom stereocenters. The predicted molar refractivity (Wildman–Crippen MR) is 80.3 cm³/mol. The van der Waals surface area contributed by atoms with Gasteiger partial charge < -0.3 is 9.84 Å². The van der Waals surface area contributed by atoms with Gasteiger partial charge in [-0.25, -0.2) is 4.68 Å². The molecule has 0 radical (unpaired) electrons. The summed E-state index contributed by atoms with van der Waals surface area (Å²) < 4.78 is 6.47. The van der Waals surface area contributed by atoms with Crippen molar-refractivity contribution >= 4 is 23.3 Å². The Kier molecular flexibility index (Phi) is 3.64. The van der Waals surface area contributed by atoms with E-state index in [1.807, 2.05) is 0 Å². The zero-order valence-electron chi connectivity index (χ0n) is 11.9. The first kappa shape index (κ1) is 14.3. The van der Waals surface area contributed by atoms with E-state index in [0.29, 0.717) is 22.3 Å². The lowest BCUT2D eigenvalue weighted by atomic mass is 10.3. The second kappa shape index (κ2) is 5.61. The number of hydrogen-bond donors (Lipinski definition) is 1. The van der Waals surface area contributed by atoms with Gasteiger partial charge in [0.2, 0.25) is 0 Å². The average Bonchev–Trinajstić information content (AvgIpc) is 3.06. The van der Waals surface area contributed by atoms with E-state index in [0.717, 1.165) is 5.69 Å². The van der Waals surface area contributed by atoms with Crippen molar-refractivity contribution in [2.75, 3.05) is 5.32 Å². The maximum absolute atomic E-state index is 12.2. The van der Waals surface area contributed by atoms with Gasteiger partial charge in [-0.05, 0) is 38.1 Å². The summed E-state index contributed by atoms with van der Waals surface area (Å²) in [5.74, 6) is 0.547. The molecule has 0 aliphatic carbocycles. The molecule has 0 fully saturated rings. The molecule has 7 nitrogen and oxygen atoms in total. The Balaban J connectivity index is 1.86. The minimum absolute atomic E-state index is 0.218. The third-order valence-corrected chi connectivity index (χ3v) is 3.30. The smallest absolute Gasteiger partial charge is 0.279 e. The molecule has 1 aromatic carbocycles. The van der Waals surface area contributed by atoms with E-state index in [1.54, 1.807) is 48.9 Å². The predicted octanol–water partition coefficient (Wildman–Crippen LogP) is 2.78. The van der Waals surface area contributed by atoms with E-state index in [4.69, 9.17) is 16.1 Å². The second-order valence-electron chi connectivity index (χ2n) is 4.69. The summed E-state index contributed by atoms with van der Waals surface area (Å²) in [6.07, 6.45) is 0. The summed E-state index contributed by atoms with van der Waals surface area (Å²) >= 11 is 5.86. The largest absolute Gasteiger partial charge is 0.360 e. The Hall–Kier alpha value is -2.67. The molecule has 8 heteroatoms. The molecule has 2 heterocycles. The molecule has 0 saturated carbocycles. The molecule has 0 unspecified atom stereocenters. The Morgan fingerprint density at radius 3 is 2.64 bits per heavy atom. The summed E-state index contributed by atoms with van der Waals surface area (Å²) in [6, 6.07) is 8.71. The molecular weight excluding hydrogens is 306 g/mol. The van der Waals surface area contributed by atoms with Crippen molar-refractivity contribution in [2.45, 2.75) is 13.8 Å². The lowest BCUT2D eigenvalue weighted by Gasteiger charge is -2.03. The molecule has 2 aromatic heterocycles. The number of halogens is 1. The van der Waals surface area contributed by atoms with E-state index < -0.39 is 5.91 Å². The third kappa shape index (κ3) is 2.71. The van der Waals surface area contributed by atoms with Crippen LogP contribution >= 0.6 is 11.6 Å². The molecule has 0 aliphatic heterocycles. The van der Waals surface area contributed by atoms with Crippen LogP contribution in [0.4, 0.5) is 5.82 Å². The monoisotopic (exact) mass is 317 g/mol. The van der Waals surface area contributed by atoms with Crippen molar-refractivity contribution < 1.29 is 9.32 Å². The molecular formula is C14H12ClN5O2. The Morgan fingerprint density at radius 2 is 2.00 bits per heavy atom. The van der Waals surface area contributed by atoms with Gasteiger partial charge in [-0.15, -0.1) is 5.10 Å². The molecule has 0 spiro atoms. The average molecular weight is 318 g/mol. The summed E-state index contributed by atoms with van der Waals surface area (Å²) in [4.78, 5) is 12.2. The number of nitrogens with one attached hydrogen (secondary N) is 1. The highest BCUT2D eigenvalue weighted by Gasteiger charge is 2.18. The van der Waals surface area contributed by atoms with Crippen LogP contribution in [0.2, 0.25) is 5.02 Å². The summed E-state index contributed by atoms with van der Waals surface area (Å²) in [5, 5.41) is 14.9. The Morgan fingerprint density at radius 1 is 1.27 bits per heavy atom. The van der Waals surface area contributed by atoms with Gasteiger partial charge in [0.15, 0.2) is 11.5 Å². The van der Waals surface area contributed by atoms with Crippen LogP contribution in [0.25, 0.3) is 5.69 Å². The first-order chi connectivity index (χ1) is 10.5. The van der Waals surface area contributed by atoms with Gasteiger partial charge in [-0.3, -0.25) is 4.79 Å². The quantitative estimate of drug-likeness (QED) is 0.802. The van der Waals surface area contributed by atoms with Gasteiger partial charge in [-0.1, -0.05) is 22.0 Å². The van der Waals surface area contributed by atoms with Crippen LogP contribution in [0.15, 0.2) is 34.9 Å². The second-order valence-corrected chi connectivity index (χ2v) is 5.13. The van der Waals surface area contributed by atoms with Crippen LogP contribution < -0.4 is 5.32 Å². The fraction of sp³-hybridized carbons (Fsp3) is 0.143. The van der Waals surface area contributed by atoms with Crippen LogP contribution in [-0.2, 0) is 0 Å². The zero-order chi connectivity index (χ0) is 15.7. The van der Waals surface area contributed by atoms with Gasteiger partial charge in [0.1, 0.15) is 5.76 Å². The highest BCUT2D eigenvalue weighted by molar-refractivity contribution is 6.30. The Bertz CT molecular complexity index is 822. The van der Waals surface area contributed by atoms with Crippen molar-refractivity contribution in [3.63, 3.8) is 0 Å². The first-order valence-corrected chi connectivity index (χ1v) is 6.85. The maximum Gasteiger partial charge on any atom is 0.279 e. The molecule has 22 heavy (non-hydrogen) atoms. The van der Waals surface area contributed by atoms with E-state index in [-0.39, 0.29) is 5.69 Å². The minimum atomic E-state index is -0.397. The Labute approximate surface area is 130 Å². The van der Waals surface area contributed by atoms with E-state index in [2.05, 4.69) is 20.8 Å². The zero-order valence-corrected chi connectivity index (χ0v) is 12.6. The SMILES string of the molecule is Cc1cc(NC(=O)c2nnn(-c3ccc(Cl)cc3)c2C)no1. The van der Waals surface area contributed by atoms with Crippen LogP contribution in [-0.4, -0.2) is 26.1 Å². The van der Waals surface area contributed by atoms with Crippen molar-refractivity contribution in [1.82, 2.24) is 20.2 Å². The lowest BCUT2D eigenvalue weighted by Crippen LogP contribution is -2.14. The van der Waals surface area contributed by atoms with Crippen LogP contribution in [0.1, 0.15) is 21.9 Å². The topological polar surface area (TPSA) is 85.8 Å². The van der Waals surface area contributed by atoms with Crippen LogP contribution in [0.5, 0.6) is 0 Å². The van der Waals surface area contributed by atoms with E-state index in [1.165, 1.54) is 0 Å². The molecule has 1 N–H and O–H groups in total. The van der Waals surface area contributed by atoms with E-state index >= 15 is 0 Å². The molecule has 3 aromatic rings. The summed E-state index contributed by atoms with van der Waals surface area (Å²) in [6.45, 7) is 3.50. The van der Waals surface area contributed by atoms with Crippen LogP contribution in [0, 0.1) is 13.8 Å². The standard InChI is InChI=1S/C14H12ClN5O2/c1-8-7-12(18-22-8)16-14(21)13-9(2)20(19-17-13)11-5-3-10(15)4-6-11/h3-7H,1-2H3,(H,16,18,21). The van der Waals surface area contributed by atoms with Crippen molar-refractivity contribution in [1.29, 1.82) is 0 Å². The molecule has 0 bridgehead atoms. The molecule has 0 aliphatic rings. The number of benzene rings is 1. The molecule has 3 rings (SSSR count). The molecule has 112 valence electrons. The van der Waals surface area contributed by atoms with Crippen LogP contribution in [0.3, 0.4) is 0 Å². The van der Waals surface area contributed by atoms with Gasteiger partial charge in [0, 0.05) is 11.1 Å². The van der Waals surface area contributed by atoms with Crippen molar-refractivity contribution in [3.05, 3.63) is 52.5 Å². The highest BCUT2D eigenvalue weighted by Crippen LogP contribution is 2.16. The highest BCUT2D eigenvalue weighted by atomic mass is 35.5. The summed E-state index contributed by atoms with van der Waals surface area (Å²) in [5.41, 5.74) is 1.60. The fourth-order valence-corrected chi connectivity index (χ4v) is 2.09. The van der Waals surface area contributed by atoms with Gasteiger partial charge >= 0.3 is 0 Å². The van der Waals surface area contributed by atoms with Gasteiger partial charge in [0.25, 0.3) is 5.91 Å². The first-order valence-electron chi connectivity index (χ1n) is 6.47. The van der Waals surface area contributed by atoms with E-state index in [9.17, 15) is 4.79 Å².